The summed E-state index contributed by atoms with van der Waals surface area (Å²) in [4.78, 5) is 24.5. The molecule has 0 aliphatic carbocycles. The second kappa shape index (κ2) is 11.1. The summed E-state index contributed by atoms with van der Waals surface area (Å²) in [5.41, 5.74) is 8.74. The van der Waals surface area contributed by atoms with Gasteiger partial charge in [0.25, 0.3) is 0 Å². The number of benzene rings is 6. The lowest BCUT2D eigenvalue weighted by molar-refractivity contribution is 0.667. The first kappa shape index (κ1) is 26.8. The Morgan fingerprint density at radius 2 is 1.06 bits per heavy atom. The summed E-state index contributed by atoms with van der Waals surface area (Å²) in [6, 6.07) is 49.2. The monoisotopic (exact) mass is 603 g/mol. The summed E-state index contributed by atoms with van der Waals surface area (Å²) in [5.74, 6) is 1.78. The van der Waals surface area contributed by atoms with Gasteiger partial charge in [-0.1, -0.05) is 115 Å². The largest absolute Gasteiger partial charge is 0.452 e. The zero-order chi connectivity index (χ0) is 31.2. The van der Waals surface area contributed by atoms with Gasteiger partial charge in [0.15, 0.2) is 23.1 Å². The van der Waals surface area contributed by atoms with Gasteiger partial charge in [-0.05, 0) is 52.2 Å². The van der Waals surface area contributed by atoms with Crippen molar-refractivity contribution in [2.45, 2.75) is 0 Å². The minimum atomic E-state index is 0.576. The number of furan rings is 1. The standard InChI is InChI=1S/C41H25N5O/c1-3-12-26(13-4-1)28-17-11-18-30(22-28)40-44-39(27-14-5-2-6-15-27)45-41(46-40)34-24-31(23-29-16-7-8-19-32(29)34)36-38-37(43-25-42-36)33-20-9-10-21-35(33)47-38/h1-25H. The molecule has 3 heterocycles. The van der Waals surface area contributed by atoms with E-state index in [1.54, 1.807) is 6.33 Å². The lowest BCUT2D eigenvalue weighted by atomic mass is 9.98. The summed E-state index contributed by atoms with van der Waals surface area (Å²) >= 11 is 0. The van der Waals surface area contributed by atoms with Crippen LogP contribution in [0.1, 0.15) is 0 Å². The van der Waals surface area contributed by atoms with Crippen molar-refractivity contribution in [3.05, 3.63) is 152 Å². The third-order valence-corrected chi connectivity index (χ3v) is 8.43. The molecule has 6 heteroatoms. The van der Waals surface area contributed by atoms with Crippen LogP contribution in [0.5, 0.6) is 0 Å². The first-order valence-electron chi connectivity index (χ1n) is 15.4. The van der Waals surface area contributed by atoms with Gasteiger partial charge in [-0.15, -0.1) is 0 Å². The molecule has 3 aromatic heterocycles. The minimum Gasteiger partial charge on any atom is -0.452 e. The van der Waals surface area contributed by atoms with E-state index in [9.17, 15) is 0 Å². The summed E-state index contributed by atoms with van der Waals surface area (Å²) in [5, 5.41) is 3.03. The van der Waals surface area contributed by atoms with Crippen LogP contribution in [0.3, 0.4) is 0 Å². The Hall–Kier alpha value is -6.53. The molecule has 0 spiro atoms. The van der Waals surface area contributed by atoms with Crippen molar-refractivity contribution in [1.29, 1.82) is 0 Å². The van der Waals surface area contributed by atoms with Crippen molar-refractivity contribution in [2.24, 2.45) is 0 Å². The second-order valence-corrected chi connectivity index (χ2v) is 11.4. The van der Waals surface area contributed by atoms with Gasteiger partial charge in [0, 0.05) is 27.6 Å². The highest BCUT2D eigenvalue weighted by Crippen LogP contribution is 2.38. The highest BCUT2D eigenvalue weighted by Gasteiger charge is 2.19. The van der Waals surface area contributed by atoms with E-state index in [0.29, 0.717) is 28.8 Å². The van der Waals surface area contributed by atoms with E-state index in [1.807, 2.05) is 97.1 Å². The van der Waals surface area contributed by atoms with Crippen LogP contribution < -0.4 is 0 Å². The summed E-state index contributed by atoms with van der Waals surface area (Å²) in [6.07, 6.45) is 1.60. The smallest absolute Gasteiger partial charge is 0.180 e. The summed E-state index contributed by atoms with van der Waals surface area (Å²) in [6.45, 7) is 0. The van der Waals surface area contributed by atoms with Gasteiger partial charge in [0.1, 0.15) is 23.1 Å². The Labute approximate surface area is 270 Å². The quantitative estimate of drug-likeness (QED) is 0.195. The Kier molecular flexibility index (Phi) is 6.35. The molecule has 0 N–H and O–H groups in total. The molecule has 0 radical (unpaired) electrons. The van der Waals surface area contributed by atoms with Gasteiger partial charge in [-0.25, -0.2) is 24.9 Å². The maximum atomic E-state index is 6.33. The van der Waals surface area contributed by atoms with Crippen LogP contribution in [0, 0.1) is 0 Å². The van der Waals surface area contributed by atoms with E-state index < -0.39 is 0 Å². The lowest BCUT2D eigenvalue weighted by Gasteiger charge is -2.13. The topological polar surface area (TPSA) is 77.6 Å². The van der Waals surface area contributed by atoms with Crippen molar-refractivity contribution < 1.29 is 4.42 Å². The number of hydrogen-bond donors (Lipinski definition) is 0. The zero-order valence-corrected chi connectivity index (χ0v) is 25.1. The second-order valence-electron chi connectivity index (χ2n) is 11.4. The van der Waals surface area contributed by atoms with Crippen LogP contribution in [-0.4, -0.2) is 24.9 Å². The van der Waals surface area contributed by atoms with Crippen molar-refractivity contribution >= 4 is 32.8 Å². The molecule has 0 bridgehead atoms. The van der Waals surface area contributed by atoms with E-state index >= 15 is 0 Å². The average molecular weight is 604 g/mol. The molecule has 47 heavy (non-hydrogen) atoms. The highest BCUT2D eigenvalue weighted by molar-refractivity contribution is 6.07. The molecular weight excluding hydrogens is 578 g/mol. The Bertz CT molecular complexity index is 2580. The number of para-hydroxylation sites is 1. The van der Waals surface area contributed by atoms with Gasteiger partial charge in [-0.2, -0.15) is 0 Å². The number of hydrogen-bond acceptors (Lipinski definition) is 6. The van der Waals surface area contributed by atoms with Gasteiger partial charge < -0.3 is 4.42 Å². The maximum Gasteiger partial charge on any atom is 0.180 e. The van der Waals surface area contributed by atoms with Crippen LogP contribution in [0.25, 0.3) is 89.4 Å². The van der Waals surface area contributed by atoms with Gasteiger partial charge in [-0.3, -0.25) is 0 Å². The first-order valence-corrected chi connectivity index (χ1v) is 15.4. The zero-order valence-electron chi connectivity index (χ0n) is 25.1. The third-order valence-electron chi connectivity index (χ3n) is 8.43. The predicted molar refractivity (Wildman–Crippen MR) is 187 cm³/mol. The SMILES string of the molecule is c1ccc(-c2cccc(-c3nc(-c4ccccc4)nc(-c4cc(-c5ncnc6c5oc5ccccc56)cc5ccccc45)n3)c2)cc1. The fourth-order valence-corrected chi connectivity index (χ4v) is 6.17. The van der Waals surface area contributed by atoms with Gasteiger partial charge in [0.2, 0.25) is 0 Å². The molecule has 0 atom stereocenters. The van der Waals surface area contributed by atoms with Crippen molar-refractivity contribution in [3.8, 4) is 56.5 Å². The van der Waals surface area contributed by atoms with Crippen LogP contribution >= 0.6 is 0 Å². The van der Waals surface area contributed by atoms with Crippen molar-refractivity contribution in [2.75, 3.05) is 0 Å². The van der Waals surface area contributed by atoms with E-state index in [1.165, 1.54) is 0 Å². The molecule has 6 aromatic carbocycles. The van der Waals surface area contributed by atoms with Crippen molar-refractivity contribution in [1.82, 2.24) is 24.9 Å². The molecule has 0 fully saturated rings. The molecule has 9 aromatic rings. The van der Waals surface area contributed by atoms with E-state index in [0.717, 1.165) is 60.6 Å². The summed E-state index contributed by atoms with van der Waals surface area (Å²) < 4.78 is 6.33. The number of fused-ring (bicyclic) bond motifs is 4. The molecule has 0 aliphatic rings. The van der Waals surface area contributed by atoms with Crippen molar-refractivity contribution in [3.63, 3.8) is 0 Å². The molecule has 0 saturated carbocycles. The van der Waals surface area contributed by atoms with E-state index in [2.05, 4.69) is 53.5 Å². The molecule has 0 amide bonds. The first-order chi connectivity index (χ1) is 23.3. The normalized spacial score (nSPS) is 11.4. The molecule has 220 valence electrons. The molecular formula is C41H25N5O. The van der Waals surface area contributed by atoms with Gasteiger partial charge in [0.05, 0.1) is 0 Å². The number of rotatable bonds is 5. The van der Waals surface area contributed by atoms with Crippen LogP contribution in [0.2, 0.25) is 0 Å². The fourth-order valence-electron chi connectivity index (χ4n) is 6.17. The van der Waals surface area contributed by atoms with Crippen LogP contribution in [0.4, 0.5) is 0 Å². The van der Waals surface area contributed by atoms with Crippen LogP contribution in [0.15, 0.2) is 156 Å². The Morgan fingerprint density at radius 3 is 1.89 bits per heavy atom. The van der Waals surface area contributed by atoms with E-state index in [4.69, 9.17) is 24.4 Å². The third kappa shape index (κ3) is 4.80. The molecule has 0 saturated heterocycles. The van der Waals surface area contributed by atoms with E-state index in [-0.39, 0.29) is 0 Å². The Morgan fingerprint density at radius 1 is 0.426 bits per heavy atom. The Balaban J connectivity index is 1.28. The van der Waals surface area contributed by atoms with Gasteiger partial charge >= 0.3 is 0 Å². The molecule has 6 nitrogen and oxygen atoms in total. The minimum absolute atomic E-state index is 0.576. The lowest BCUT2D eigenvalue weighted by Crippen LogP contribution is -2.01. The molecule has 0 aliphatic heterocycles. The highest BCUT2D eigenvalue weighted by atomic mass is 16.3. The average Bonchev–Trinajstić information content (AvgIpc) is 3.54. The predicted octanol–water partition coefficient (Wildman–Crippen LogP) is 10.0. The maximum absolute atomic E-state index is 6.33. The van der Waals surface area contributed by atoms with Crippen LogP contribution in [-0.2, 0) is 0 Å². The number of nitrogens with zero attached hydrogens (tertiary/aromatic N) is 5. The fraction of sp³-hybridized carbons (Fsp3) is 0. The molecule has 9 rings (SSSR count). The number of aromatic nitrogens is 5. The molecule has 0 unspecified atom stereocenters. The summed E-state index contributed by atoms with van der Waals surface area (Å²) in [7, 11) is 0.